The lowest BCUT2D eigenvalue weighted by Gasteiger charge is -2.09. The molecule has 2 aromatic carbocycles. The van der Waals surface area contributed by atoms with E-state index in [-0.39, 0.29) is 0 Å². The van der Waals surface area contributed by atoms with E-state index in [4.69, 9.17) is 21.1 Å². The summed E-state index contributed by atoms with van der Waals surface area (Å²) in [5, 5.41) is 6.87. The molecule has 124 valence electrons. The first-order valence-corrected chi connectivity index (χ1v) is 8.58. The van der Waals surface area contributed by atoms with Gasteiger partial charge in [0.25, 0.3) is 0 Å². The van der Waals surface area contributed by atoms with Crippen molar-refractivity contribution in [3.8, 4) is 22.8 Å². The summed E-state index contributed by atoms with van der Waals surface area (Å²) in [5.74, 6) is 1.38. The highest BCUT2D eigenvalue weighted by Gasteiger charge is 2.10. The number of anilines is 2. The number of ether oxygens (including phenoxy) is 2. The molecule has 0 unspecified atom stereocenters. The van der Waals surface area contributed by atoms with Crippen molar-refractivity contribution in [3.63, 3.8) is 0 Å². The van der Waals surface area contributed by atoms with Crippen molar-refractivity contribution in [2.24, 2.45) is 0 Å². The second kappa shape index (κ2) is 7.11. The molecule has 0 spiro atoms. The third-order valence-corrected chi connectivity index (χ3v) is 4.86. The Morgan fingerprint density at radius 1 is 1.08 bits per heavy atom. The average Bonchev–Trinajstić information content (AvgIpc) is 3.07. The van der Waals surface area contributed by atoms with E-state index in [2.05, 4.69) is 10.3 Å². The van der Waals surface area contributed by atoms with Gasteiger partial charge < -0.3 is 14.8 Å². The lowest BCUT2D eigenvalue weighted by molar-refractivity contribution is 0.355. The fourth-order valence-electron chi connectivity index (χ4n) is 2.32. The zero-order chi connectivity index (χ0) is 17.1. The van der Waals surface area contributed by atoms with Crippen LogP contribution in [-0.4, -0.2) is 19.2 Å². The molecule has 0 amide bonds. The number of thiazole rings is 1. The number of hydrogen-bond donors (Lipinski definition) is 1. The molecule has 0 saturated heterocycles. The van der Waals surface area contributed by atoms with E-state index >= 15 is 0 Å². The zero-order valence-corrected chi connectivity index (χ0v) is 15.2. The van der Waals surface area contributed by atoms with Crippen LogP contribution in [0.3, 0.4) is 0 Å². The van der Waals surface area contributed by atoms with Crippen LogP contribution in [-0.2, 0) is 0 Å². The van der Waals surface area contributed by atoms with Crippen LogP contribution in [0.2, 0.25) is 5.02 Å². The normalized spacial score (nSPS) is 10.5. The Kier molecular flexibility index (Phi) is 4.92. The Bertz CT molecular complexity index is 864. The van der Waals surface area contributed by atoms with Crippen molar-refractivity contribution < 1.29 is 9.47 Å². The maximum absolute atomic E-state index is 6.16. The second-order valence-corrected chi connectivity index (χ2v) is 6.41. The minimum atomic E-state index is 0.684. The summed E-state index contributed by atoms with van der Waals surface area (Å²) in [5.41, 5.74) is 3.81. The van der Waals surface area contributed by atoms with Crippen LogP contribution >= 0.6 is 22.9 Å². The summed E-state index contributed by atoms with van der Waals surface area (Å²) in [6.45, 7) is 1.98. The standard InChI is InChI=1S/C18H17ClN2O2S/c1-11-13(19)5-4-6-14(11)20-18-21-15(10-24-18)12-7-8-16(22-2)17(9-12)23-3/h4-10H,1-3H3,(H,20,21). The topological polar surface area (TPSA) is 43.4 Å². The smallest absolute Gasteiger partial charge is 0.187 e. The van der Waals surface area contributed by atoms with Crippen molar-refractivity contribution in [2.75, 3.05) is 19.5 Å². The lowest BCUT2D eigenvalue weighted by Crippen LogP contribution is -1.93. The largest absolute Gasteiger partial charge is 0.493 e. The molecule has 24 heavy (non-hydrogen) atoms. The number of nitrogens with one attached hydrogen (secondary N) is 1. The Morgan fingerprint density at radius 2 is 1.88 bits per heavy atom. The van der Waals surface area contributed by atoms with Crippen molar-refractivity contribution in [3.05, 3.63) is 52.4 Å². The van der Waals surface area contributed by atoms with Gasteiger partial charge in [-0.3, -0.25) is 0 Å². The van der Waals surface area contributed by atoms with Crippen molar-refractivity contribution >= 4 is 33.8 Å². The number of rotatable bonds is 5. The highest BCUT2D eigenvalue weighted by Crippen LogP contribution is 2.34. The van der Waals surface area contributed by atoms with E-state index in [0.29, 0.717) is 11.5 Å². The summed E-state index contributed by atoms with van der Waals surface area (Å²) in [6, 6.07) is 11.5. The molecule has 4 nitrogen and oxygen atoms in total. The van der Waals surface area contributed by atoms with Gasteiger partial charge in [0.15, 0.2) is 16.6 Å². The minimum absolute atomic E-state index is 0.684. The van der Waals surface area contributed by atoms with Crippen LogP contribution in [0.4, 0.5) is 10.8 Å². The third-order valence-electron chi connectivity index (χ3n) is 3.69. The van der Waals surface area contributed by atoms with Crippen LogP contribution in [0.1, 0.15) is 5.56 Å². The van der Waals surface area contributed by atoms with Crippen LogP contribution in [0.5, 0.6) is 11.5 Å². The summed E-state index contributed by atoms with van der Waals surface area (Å²) in [4.78, 5) is 4.65. The molecule has 1 N–H and O–H groups in total. The molecule has 0 radical (unpaired) electrons. The van der Waals surface area contributed by atoms with Gasteiger partial charge in [-0.1, -0.05) is 17.7 Å². The van der Waals surface area contributed by atoms with Gasteiger partial charge in [-0.05, 0) is 42.8 Å². The third kappa shape index (κ3) is 3.32. The number of aromatic nitrogens is 1. The molecular formula is C18H17ClN2O2S. The predicted molar refractivity (Wildman–Crippen MR) is 100 cm³/mol. The first-order chi connectivity index (χ1) is 11.6. The molecule has 0 saturated carbocycles. The van der Waals surface area contributed by atoms with Crippen molar-refractivity contribution in [1.29, 1.82) is 0 Å². The van der Waals surface area contributed by atoms with Crippen LogP contribution in [0.25, 0.3) is 11.3 Å². The summed E-state index contributed by atoms with van der Waals surface area (Å²) in [7, 11) is 3.24. The fourth-order valence-corrected chi connectivity index (χ4v) is 3.22. The Hall–Kier alpha value is -2.24. The number of hydrogen-bond acceptors (Lipinski definition) is 5. The minimum Gasteiger partial charge on any atom is -0.493 e. The Labute approximate surface area is 150 Å². The van der Waals surface area contributed by atoms with Gasteiger partial charge in [0.2, 0.25) is 0 Å². The SMILES string of the molecule is COc1ccc(-c2csc(Nc3cccc(Cl)c3C)n2)cc1OC. The van der Waals surface area contributed by atoms with E-state index in [0.717, 1.165) is 32.7 Å². The Morgan fingerprint density at radius 3 is 2.62 bits per heavy atom. The molecule has 3 rings (SSSR count). The maximum Gasteiger partial charge on any atom is 0.187 e. The second-order valence-electron chi connectivity index (χ2n) is 5.15. The molecule has 1 aromatic heterocycles. The first kappa shape index (κ1) is 16.6. The van der Waals surface area contributed by atoms with Gasteiger partial charge in [0.1, 0.15) is 0 Å². The number of methoxy groups -OCH3 is 2. The highest BCUT2D eigenvalue weighted by atomic mass is 35.5. The quantitative estimate of drug-likeness (QED) is 0.649. The number of halogens is 1. The predicted octanol–water partition coefficient (Wildman–Crippen LogP) is 5.53. The molecule has 0 aliphatic carbocycles. The van der Waals surface area contributed by atoms with Gasteiger partial charge >= 0.3 is 0 Å². The summed E-state index contributed by atoms with van der Waals surface area (Å²) >= 11 is 7.70. The molecule has 0 aliphatic heterocycles. The molecule has 0 aliphatic rings. The van der Waals surface area contributed by atoms with E-state index < -0.39 is 0 Å². The van der Waals surface area contributed by atoms with Gasteiger partial charge in [-0.15, -0.1) is 11.3 Å². The van der Waals surface area contributed by atoms with E-state index in [1.807, 2.05) is 48.7 Å². The zero-order valence-electron chi connectivity index (χ0n) is 13.6. The Balaban J connectivity index is 1.87. The van der Waals surface area contributed by atoms with E-state index in [1.165, 1.54) is 11.3 Å². The number of nitrogens with zero attached hydrogens (tertiary/aromatic N) is 1. The van der Waals surface area contributed by atoms with Crippen LogP contribution in [0.15, 0.2) is 41.8 Å². The fraction of sp³-hybridized carbons (Fsp3) is 0.167. The summed E-state index contributed by atoms with van der Waals surface area (Å²) in [6.07, 6.45) is 0. The molecule has 0 bridgehead atoms. The van der Waals surface area contributed by atoms with Gasteiger partial charge in [0.05, 0.1) is 19.9 Å². The number of benzene rings is 2. The monoisotopic (exact) mass is 360 g/mol. The molecule has 0 atom stereocenters. The maximum atomic E-state index is 6.16. The van der Waals surface area contributed by atoms with Crippen molar-refractivity contribution in [1.82, 2.24) is 4.98 Å². The highest BCUT2D eigenvalue weighted by molar-refractivity contribution is 7.14. The van der Waals surface area contributed by atoms with Gasteiger partial charge in [0, 0.05) is 21.7 Å². The molecule has 0 fully saturated rings. The van der Waals surface area contributed by atoms with Crippen molar-refractivity contribution in [2.45, 2.75) is 6.92 Å². The molecule has 3 aromatic rings. The molecule has 6 heteroatoms. The van der Waals surface area contributed by atoms with Crippen LogP contribution in [0, 0.1) is 6.92 Å². The van der Waals surface area contributed by atoms with E-state index in [9.17, 15) is 0 Å². The lowest BCUT2D eigenvalue weighted by atomic mass is 10.1. The molecule has 1 heterocycles. The van der Waals surface area contributed by atoms with E-state index in [1.54, 1.807) is 14.2 Å². The first-order valence-electron chi connectivity index (χ1n) is 7.32. The van der Waals surface area contributed by atoms with Gasteiger partial charge in [-0.25, -0.2) is 4.98 Å². The summed E-state index contributed by atoms with van der Waals surface area (Å²) < 4.78 is 10.6. The molecular weight excluding hydrogens is 344 g/mol. The van der Waals surface area contributed by atoms with Gasteiger partial charge in [-0.2, -0.15) is 0 Å². The van der Waals surface area contributed by atoms with Crippen LogP contribution < -0.4 is 14.8 Å². The average molecular weight is 361 g/mol.